The van der Waals surface area contributed by atoms with Crippen LogP contribution in [0.1, 0.15) is 6.42 Å². The lowest BCUT2D eigenvalue weighted by atomic mass is 10.2. The Hall–Kier alpha value is -1.06. The fourth-order valence-corrected chi connectivity index (χ4v) is 0.510. The van der Waals surface area contributed by atoms with Crippen molar-refractivity contribution < 1.29 is 9.90 Å². The van der Waals surface area contributed by atoms with Crippen LogP contribution in [-0.4, -0.2) is 23.3 Å². The van der Waals surface area contributed by atoms with Crippen molar-refractivity contribution in [1.82, 2.24) is 5.43 Å². The predicted molar refractivity (Wildman–Crippen MR) is 27.7 cm³/mol. The molecule has 0 aliphatic carbocycles. The minimum atomic E-state index is -0.845. The van der Waals surface area contributed by atoms with E-state index < -0.39 is 12.0 Å². The van der Waals surface area contributed by atoms with Crippen molar-refractivity contribution in [3.8, 4) is 0 Å². The highest BCUT2D eigenvalue weighted by molar-refractivity contribution is 5.79. The summed E-state index contributed by atoms with van der Waals surface area (Å²) in [5, 5.41) is 11.8. The van der Waals surface area contributed by atoms with Gasteiger partial charge in [-0.25, -0.2) is 4.79 Å². The second-order valence-corrected chi connectivity index (χ2v) is 1.57. The van der Waals surface area contributed by atoms with Crippen LogP contribution in [0, 0.1) is 0 Å². The Morgan fingerprint density at radius 3 is 3.00 bits per heavy atom. The maximum Gasteiger partial charge on any atom is 0.328 e. The third kappa shape index (κ3) is 0.776. The van der Waals surface area contributed by atoms with Crippen LogP contribution in [0.4, 0.5) is 0 Å². The van der Waals surface area contributed by atoms with Crippen LogP contribution in [0.2, 0.25) is 0 Å². The topological polar surface area (TPSA) is 61.7 Å². The van der Waals surface area contributed by atoms with E-state index in [2.05, 4.69) is 10.5 Å². The summed E-state index contributed by atoms with van der Waals surface area (Å²) in [4.78, 5) is 10.1. The third-order valence-electron chi connectivity index (χ3n) is 0.961. The fourth-order valence-electron chi connectivity index (χ4n) is 0.510. The van der Waals surface area contributed by atoms with Gasteiger partial charge in [-0.1, -0.05) is 0 Å². The molecular formula is C4H6N2O2. The highest BCUT2D eigenvalue weighted by atomic mass is 16.4. The predicted octanol–water partition coefficient (Wildman–Crippen LogP) is -0.581. The fraction of sp³-hybridized carbons (Fsp3) is 0.500. The van der Waals surface area contributed by atoms with Crippen LogP contribution in [0.15, 0.2) is 5.10 Å². The first-order chi connectivity index (χ1) is 3.80. The van der Waals surface area contributed by atoms with Gasteiger partial charge >= 0.3 is 5.97 Å². The second kappa shape index (κ2) is 1.81. The summed E-state index contributed by atoms with van der Waals surface area (Å²) in [6, 6.07) is -0.491. The molecular weight excluding hydrogens is 108 g/mol. The molecule has 44 valence electrons. The average Bonchev–Trinajstić information content (AvgIpc) is 2.12. The molecule has 1 atom stereocenters. The van der Waals surface area contributed by atoms with Gasteiger partial charge in [0, 0.05) is 12.6 Å². The van der Waals surface area contributed by atoms with Gasteiger partial charge < -0.3 is 5.11 Å². The summed E-state index contributed by atoms with van der Waals surface area (Å²) in [5.41, 5.74) is 2.43. The number of carboxylic acids is 1. The Bertz CT molecular complexity index is 124. The van der Waals surface area contributed by atoms with Gasteiger partial charge in [0.15, 0.2) is 0 Å². The van der Waals surface area contributed by atoms with E-state index in [1.54, 1.807) is 6.21 Å². The number of hydrogen-bond donors (Lipinski definition) is 2. The molecule has 0 saturated heterocycles. The minimum Gasteiger partial charge on any atom is -0.480 e. The number of nitrogens with one attached hydrogen (secondary N) is 1. The zero-order valence-electron chi connectivity index (χ0n) is 4.16. The van der Waals surface area contributed by atoms with Crippen LogP contribution in [0.25, 0.3) is 0 Å². The summed E-state index contributed by atoms with van der Waals surface area (Å²) >= 11 is 0. The Morgan fingerprint density at radius 1 is 2.00 bits per heavy atom. The molecule has 0 unspecified atom stereocenters. The molecule has 0 fully saturated rings. The second-order valence-electron chi connectivity index (χ2n) is 1.57. The van der Waals surface area contributed by atoms with E-state index in [4.69, 9.17) is 5.11 Å². The van der Waals surface area contributed by atoms with E-state index in [0.29, 0.717) is 6.42 Å². The highest BCUT2D eigenvalue weighted by Gasteiger charge is 2.17. The van der Waals surface area contributed by atoms with Crippen molar-refractivity contribution in [2.45, 2.75) is 12.5 Å². The molecule has 0 aromatic rings. The van der Waals surface area contributed by atoms with Gasteiger partial charge in [-0.3, -0.25) is 5.43 Å². The zero-order valence-corrected chi connectivity index (χ0v) is 4.16. The van der Waals surface area contributed by atoms with Crippen molar-refractivity contribution in [3.63, 3.8) is 0 Å². The number of rotatable bonds is 1. The minimum absolute atomic E-state index is 0.491. The number of carboxylic acid groups (broad SMARTS) is 1. The number of aliphatic carboxylic acids is 1. The third-order valence-corrected chi connectivity index (χ3v) is 0.961. The highest BCUT2D eigenvalue weighted by Crippen LogP contribution is 1.94. The first kappa shape index (κ1) is 5.08. The lowest BCUT2D eigenvalue weighted by Gasteiger charge is -1.99. The monoisotopic (exact) mass is 114 g/mol. The van der Waals surface area contributed by atoms with Crippen molar-refractivity contribution in [2.24, 2.45) is 5.10 Å². The largest absolute Gasteiger partial charge is 0.480 e. The van der Waals surface area contributed by atoms with E-state index in [1.807, 2.05) is 0 Å². The van der Waals surface area contributed by atoms with E-state index in [1.165, 1.54) is 0 Å². The maximum absolute atomic E-state index is 10.1. The molecule has 0 amide bonds. The van der Waals surface area contributed by atoms with Crippen LogP contribution < -0.4 is 5.43 Å². The van der Waals surface area contributed by atoms with Gasteiger partial charge in [0.05, 0.1) is 0 Å². The van der Waals surface area contributed by atoms with Crippen molar-refractivity contribution in [1.29, 1.82) is 0 Å². The van der Waals surface area contributed by atoms with E-state index in [-0.39, 0.29) is 0 Å². The molecule has 0 spiro atoms. The molecule has 4 nitrogen and oxygen atoms in total. The first-order valence-electron chi connectivity index (χ1n) is 2.30. The molecule has 1 rings (SSSR count). The SMILES string of the molecule is O=C(O)[C@@H]1CC=NN1. The first-order valence-corrected chi connectivity index (χ1v) is 2.30. The molecule has 4 heteroatoms. The molecule has 0 aromatic carbocycles. The van der Waals surface area contributed by atoms with Gasteiger partial charge in [0.1, 0.15) is 6.04 Å². The van der Waals surface area contributed by atoms with E-state index in [0.717, 1.165) is 0 Å². The molecule has 0 radical (unpaired) electrons. The number of hydrazone groups is 1. The molecule has 8 heavy (non-hydrogen) atoms. The van der Waals surface area contributed by atoms with Crippen molar-refractivity contribution >= 4 is 12.2 Å². The van der Waals surface area contributed by atoms with Crippen molar-refractivity contribution in [3.05, 3.63) is 0 Å². The van der Waals surface area contributed by atoms with Gasteiger partial charge in [0.2, 0.25) is 0 Å². The molecule has 1 aliphatic heterocycles. The summed E-state index contributed by atoms with van der Waals surface area (Å²) in [5.74, 6) is -0.845. The lowest BCUT2D eigenvalue weighted by molar-refractivity contribution is -0.139. The molecule has 0 bridgehead atoms. The molecule has 0 aromatic heterocycles. The van der Waals surface area contributed by atoms with Crippen LogP contribution >= 0.6 is 0 Å². The molecule has 1 aliphatic rings. The summed E-state index contributed by atoms with van der Waals surface area (Å²) in [7, 11) is 0. The number of nitrogens with zero attached hydrogens (tertiary/aromatic N) is 1. The maximum atomic E-state index is 10.1. The Labute approximate surface area is 46.2 Å². The smallest absolute Gasteiger partial charge is 0.328 e. The van der Waals surface area contributed by atoms with Gasteiger partial charge in [-0.2, -0.15) is 5.10 Å². The standard InChI is InChI=1S/C4H6N2O2/c7-4(8)3-1-2-5-6-3/h2-3,6H,1H2,(H,7,8)/t3-/m0/s1. The lowest BCUT2D eigenvalue weighted by Crippen LogP contribution is -2.28. The molecule has 2 N–H and O–H groups in total. The Balaban J connectivity index is 2.41. The summed E-state index contributed by atoms with van der Waals surface area (Å²) in [6.45, 7) is 0. The average molecular weight is 114 g/mol. The zero-order chi connectivity index (χ0) is 5.98. The summed E-state index contributed by atoms with van der Waals surface area (Å²) in [6.07, 6.45) is 2.05. The van der Waals surface area contributed by atoms with Crippen LogP contribution in [0.3, 0.4) is 0 Å². The van der Waals surface area contributed by atoms with Crippen LogP contribution in [-0.2, 0) is 4.79 Å². The quantitative estimate of drug-likeness (QED) is 0.479. The normalized spacial score (nSPS) is 25.2. The molecule has 1 heterocycles. The summed E-state index contributed by atoms with van der Waals surface area (Å²) < 4.78 is 0. The molecule has 0 saturated carbocycles. The van der Waals surface area contributed by atoms with Gasteiger partial charge in [-0.05, 0) is 0 Å². The van der Waals surface area contributed by atoms with Crippen LogP contribution in [0.5, 0.6) is 0 Å². The van der Waals surface area contributed by atoms with Crippen molar-refractivity contribution in [2.75, 3.05) is 0 Å². The van der Waals surface area contributed by atoms with E-state index >= 15 is 0 Å². The number of hydrogen-bond acceptors (Lipinski definition) is 3. The Kier molecular flexibility index (Phi) is 1.15. The van der Waals surface area contributed by atoms with E-state index in [9.17, 15) is 4.79 Å². The number of carbonyl (C=O) groups is 1. The Morgan fingerprint density at radius 2 is 2.75 bits per heavy atom. The van der Waals surface area contributed by atoms with Gasteiger partial charge in [0.25, 0.3) is 0 Å². The van der Waals surface area contributed by atoms with Gasteiger partial charge in [-0.15, -0.1) is 0 Å².